The van der Waals surface area contributed by atoms with E-state index in [0.29, 0.717) is 6.42 Å². The van der Waals surface area contributed by atoms with Gasteiger partial charge in [0.25, 0.3) is 5.56 Å². The van der Waals surface area contributed by atoms with Crippen LogP contribution in [0, 0.1) is 5.92 Å². The SMILES string of the molecule is Cn1c(=O)c2c(c3ccccc31)O[C@@H]1C=CC(=C(c3ccccc3)c3ccccc3)[C@@H]1C2. The predicted octanol–water partition coefficient (Wildman–Crippen LogP) is 5.53. The Morgan fingerprint density at radius 2 is 1.50 bits per heavy atom. The van der Waals surface area contributed by atoms with Gasteiger partial charge in [-0.2, -0.15) is 0 Å². The zero-order valence-corrected chi connectivity index (χ0v) is 17.9. The number of hydrogen-bond donors (Lipinski definition) is 0. The fraction of sp³-hybridized carbons (Fsp3) is 0.138. The maximum Gasteiger partial charge on any atom is 0.257 e. The van der Waals surface area contributed by atoms with Gasteiger partial charge in [0, 0.05) is 18.4 Å². The number of aryl methyl sites for hydroxylation is 1. The average Bonchev–Trinajstić information content (AvgIpc) is 3.26. The summed E-state index contributed by atoms with van der Waals surface area (Å²) in [5.41, 5.74) is 6.50. The molecule has 0 radical (unpaired) electrons. The van der Waals surface area contributed by atoms with Gasteiger partial charge >= 0.3 is 0 Å². The maximum atomic E-state index is 13.3. The molecule has 3 nitrogen and oxygen atoms in total. The van der Waals surface area contributed by atoms with Crippen molar-refractivity contribution in [3.05, 3.63) is 130 Å². The molecule has 2 aliphatic rings. The van der Waals surface area contributed by atoms with E-state index in [2.05, 4.69) is 60.7 Å². The normalized spacial score (nSPS) is 18.8. The molecule has 156 valence electrons. The highest BCUT2D eigenvalue weighted by Crippen LogP contribution is 2.44. The summed E-state index contributed by atoms with van der Waals surface area (Å²) in [6, 6.07) is 29.0. The van der Waals surface area contributed by atoms with E-state index in [9.17, 15) is 4.79 Å². The summed E-state index contributed by atoms with van der Waals surface area (Å²) in [6.45, 7) is 0. The first kappa shape index (κ1) is 18.9. The number of para-hydroxylation sites is 1. The summed E-state index contributed by atoms with van der Waals surface area (Å²) in [6.07, 6.45) is 4.95. The van der Waals surface area contributed by atoms with E-state index in [1.54, 1.807) is 4.57 Å². The van der Waals surface area contributed by atoms with Crippen LogP contribution in [0.1, 0.15) is 16.7 Å². The van der Waals surface area contributed by atoms with Crippen molar-refractivity contribution >= 4 is 16.5 Å². The highest BCUT2D eigenvalue weighted by molar-refractivity contribution is 5.88. The highest BCUT2D eigenvalue weighted by atomic mass is 16.5. The fourth-order valence-corrected chi connectivity index (χ4v) is 5.16. The second kappa shape index (κ2) is 7.38. The lowest BCUT2D eigenvalue weighted by Gasteiger charge is -2.31. The molecule has 0 amide bonds. The first-order chi connectivity index (χ1) is 15.7. The monoisotopic (exact) mass is 417 g/mol. The molecular weight excluding hydrogens is 394 g/mol. The van der Waals surface area contributed by atoms with Crippen molar-refractivity contribution in [3.8, 4) is 5.75 Å². The lowest BCUT2D eigenvalue weighted by atomic mass is 9.83. The van der Waals surface area contributed by atoms with E-state index in [1.807, 2.05) is 43.4 Å². The number of benzene rings is 3. The predicted molar refractivity (Wildman–Crippen MR) is 129 cm³/mol. The molecule has 2 heterocycles. The van der Waals surface area contributed by atoms with Crippen molar-refractivity contribution in [2.75, 3.05) is 0 Å². The van der Waals surface area contributed by atoms with Crippen molar-refractivity contribution in [1.29, 1.82) is 0 Å². The Morgan fingerprint density at radius 3 is 2.19 bits per heavy atom. The summed E-state index contributed by atoms with van der Waals surface area (Å²) >= 11 is 0. The Balaban J connectivity index is 1.55. The van der Waals surface area contributed by atoms with Crippen LogP contribution >= 0.6 is 0 Å². The van der Waals surface area contributed by atoms with Crippen LogP contribution in [0.25, 0.3) is 16.5 Å². The third-order valence-electron chi connectivity index (χ3n) is 6.70. The number of nitrogens with zero attached hydrogens (tertiary/aromatic N) is 1. The molecule has 0 saturated carbocycles. The van der Waals surface area contributed by atoms with E-state index in [0.717, 1.165) is 22.2 Å². The largest absolute Gasteiger partial charge is 0.484 e. The molecule has 0 fully saturated rings. The van der Waals surface area contributed by atoms with Gasteiger partial charge < -0.3 is 9.30 Å². The second-order valence-electron chi connectivity index (χ2n) is 8.50. The van der Waals surface area contributed by atoms with Gasteiger partial charge in [-0.3, -0.25) is 4.79 Å². The Labute approximate surface area is 186 Å². The van der Waals surface area contributed by atoms with Crippen LogP contribution in [0.4, 0.5) is 0 Å². The van der Waals surface area contributed by atoms with Crippen LogP contribution in [0.15, 0.2) is 107 Å². The van der Waals surface area contributed by atoms with E-state index in [4.69, 9.17) is 4.74 Å². The van der Waals surface area contributed by atoms with Crippen LogP contribution in [0.3, 0.4) is 0 Å². The molecular formula is C29H23NO2. The molecule has 2 atom stereocenters. The highest BCUT2D eigenvalue weighted by Gasteiger charge is 2.38. The molecule has 0 N–H and O–H groups in total. The molecule has 4 aromatic rings. The maximum absolute atomic E-state index is 13.3. The van der Waals surface area contributed by atoms with E-state index >= 15 is 0 Å². The van der Waals surface area contributed by atoms with Crippen molar-refractivity contribution in [2.45, 2.75) is 12.5 Å². The molecule has 1 aliphatic heterocycles. The van der Waals surface area contributed by atoms with Crippen molar-refractivity contribution < 1.29 is 4.74 Å². The summed E-state index contributed by atoms with van der Waals surface area (Å²) in [7, 11) is 1.85. The quantitative estimate of drug-likeness (QED) is 0.429. The molecule has 0 bridgehead atoms. The van der Waals surface area contributed by atoms with Gasteiger partial charge in [0.05, 0.1) is 11.1 Å². The molecule has 6 rings (SSSR count). The fourth-order valence-electron chi connectivity index (χ4n) is 5.16. The minimum absolute atomic E-state index is 0.0318. The Bertz CT molecular complexity index is 1400. The Morgan fingerprint density at radius 1 is 0.875 bits per heavy atom. The van der Waals surface area contributed by atoms with Gasteiger partial charge in [0.2, 0.25) is 0 Å². The number of pyridine rings is 1. The minimum Gasteiger partial charge on any atom is -0.484 e. The number of allylic oxidation sites excluding steroid dienone is 1. The Kier molecular flexibility index (Phi) is 4.36. The van der Waals surface area contributed by atoms with Crippen LogP contribution in [-0.4, -0.2) is 10.7 Å². The number of ether oxygens (including phenoxy) is 1. The summed E-state index contributed by atoms with van der Waals surface area (Å²) in [5.74, 6) is 0.851. The number of hydrogen-bond acceptors (Lipinski definition) is 2. The van der Waals surface area contributed by atoms with Gasteiger partial charge in [-0.25, -0.2) is 0 Å². The number of fused-ring (bicyclic) bond motifs is 4. The molecule has 0 spiro atoms. The lowest BCUT2D eigenvalue weighted by molar-refractivity contribution is 0.185. The van der Waals surface area contributed by atoms with Gasteiger partial charge in [0.1, 0.15) is 11.9 Å². The zero-order chi connectivity index (χ0) is 21.7. The van der Waals surface area contributed by atoms with Gasteiger partial charge in [-0.15, -0.1) is 0 Å². The zero-order valence-electron chi connectivity index (χ0n) is 17.9. The molecule has 0 saturated heterocycles. The molecule has 1 aromatic heterocycles. The van der Waals surface area contributed by atoms with Crippen molar-refractivity contribution in [1.82, 2.24) is 4.57 Å². The smallest absolute Gasteiger partial charge is 0.257 e. The van der Waals surface area contributed by atoms with Crippen molar-refractivity contribution in [3.63, 3.8) is 0 Å². The van der Waals surface area contributed by atoms with Crippen LogP contribution < -0.4 is 10.3 Å². The standard InChI is InChI=1S/C29H23NO2/c1-30-25-15-9-8-14-22(25)28-24(29(30)31)18-23-21(16-17-26(23)32-28)27(19-10-4-2-5-11-19)20-12-6-3-7-13-20/h2-17,23,26H,18H2,1H3/t23-,26+/m0/s1. The summed E-state index contributed by atoms with van der Waals surface area (Å²) in [4.78, 5) is 13.3. The summed E-state index contributed by atoms with van der Waals surface area (Å²) in [5, 5.41) is 1.00. The number of rotatable bonds is 2. The first-order valence-electron chi connectivity index (χ1n) is 11.0. The van der Waals surface area contributed by atoms with E-state index in [1.165, 1.54) is 22.3 Å². The third kappa shape index (κ3) is 2.85. The molecule has 1 aliphatic carbocycles. The topological polar surface area (TPSA) is 31.2 Å². The molecule has 3 heteroatoms. The molecule has 3 aromatic carbocycles. The minimum atomic E-state index is -0.0737. The van der Waals surface area contributed by atoms with Crippen LogP contribution in [-0.2, 0) is 13.5 Å². The van der Waals surface area contributed by atoms with Gasteiger partial charge in [-0.1, -0.05) is 78.9 Å². The third-order valence-corrected chi connectivity index (χ3v) is 6.70. The van der Waals surface area contributed by atoms with E-state index < -0.39 is 0 Å². The van der Waals surface area contributed by atoms with Crippen LogP contribution in [0.2, 0.25) is 0 Å². The van der Waals surface area contributed by atoms with E-state index in [-0.39, 0.29) is 17.6 Å². The van der Waals surface area contributed by atoms with Gasteiger partial charge in [-0.05, 0) is 46.9 Å². The lowest BCUT2D eigenvalue weighted by Crippen LogP contribution is -2.35. The first-order valence-corrected chi connectivity index (χ1v) is 11.0. The van der Waals surface area contributed by atoms with Gasteiger partial charge in [0.15, 0.2) is 0 Å². The molecule has 32 heavy (non-hydrogen) atoms. The second-order valence-corrected chi connectivity index (χ2v) is 8.50. The van der Waals surface area contributed by atoms with Crippen molar-refractivity contribution in [2.24, 2.45) is 13.0 Å². The Hall–Kier alpha value is -3.85. The van der Waals surface area contributed by atoms with Crippen LogP contribution in [0.5, 0.6) is 5.75 Å². The summed E-state index contributed by atoms with van der Waals surface area (Å²) < 4.78 is 8.27. The average molecular weight is 418 g/mol. The molecule has 0 unspecified atom stereocenters. The number of aromatic nitrogens is 1.